The first kappa shape index (κ1) is 15.1. The van der Waals surface area contributed by atoms with Gasteiger partial charge in [-0.3, -0.25) is 14.6 Å². The van der Waals surface area contributed by atoms with Gasteiger partial charge in [-0.25, -0.2) is 5.84 Å². The lowest BCUT2D eigenvalue weighted by atomic mass is 10.2. The Morgan fingerprint density at radius 3 is 2.81 bits per heavy atom. The average Bonchev–Trinajstić information content (AvgIpc) is 2.96. The molecule has 7 nitrogen and oxygen atoms in total. The number of nitrogens with zero attached hydrogens (tertiary/aromatic N) is 2. The minimum absolute atomic E-state index is 0.0122. The Bertz CT molecular complexity index is 534. The number of anilines is 2. The van der Waals surface area contributed by atoms with Crippen LogP contribution in [0.3, 0.4) is 0 Å². The standard InChI is InChI=1S/C14H21N5O2/c1-17-14(21)12-7-4-8-18(12)13(20)9-19(16)11-6-3-2-5-10(11)15/h2-3,5-6,12H,4,7-9,15-16H2,1H3,(H,17,21). The van der Waals surface area contributed by atoms with Crippen LogP contribution >= 0.6 is 0 Å². The minimum atomic E-state index is -0.399. The first-order valence-electron chi connectivity index (χ1n) is 6.92. The molecule has 0 aliphatic carbocycles. The van der Waals surface area contributed by atoms with Crippen molar-refractivity contribution in [3.8, 4) is 0 Å². The van der Waals surface area contributed by atoms with E-state index in [1.54, 1.807) is 36.2 Å². The summed E-state index contributed by atoms with van der Waals surface area (Å²) in [6.07, 6.45) is 1.51. The van der Waals surface area contributed by atoms with Crippen molar-refractivity contribution in [2.24, 2.45) is 5.84 Å². The Kier molecular flexibility index (Phi) is 4.64. The van der Waals surface area contributed by atoms with Crippen molar-refractivity contribution in [2.75, 3.05) is 30.9 Å². The van der Waals surface area contributed by atoms with Gasteiger partial charge in [0.2, 0.25) is 11.8 Å². The molecule has 1 unspecified atom stereocenters. The van der Waals surface area contributed by atoms with Crippen LogP contribution in [0.4, 0.5) is 11.4 Å². The molecule has 2 amide bonds. The Hall–Kier alpha value is -2.28. The average molecular weight is 291 g/mol. The topological polar surface area (TPSA) is 105 Å². The van der Waals surface area contributed by atoms with E-state index in [-0.39, 0.29) is 18.4 Å². The number of carbonyl (C=O) groups is 2. The zero-order chi connectivity index (χ0) is 15.4. The van der Waals surface area contributed by atoms with E-state index in [0.29, 0.717) is 24.3 Å². The second kappa shape index (κ2) is 6.45. The monoisotopic (exact) mass is 291 g/mol. The van der Waals surface area contributed by atoms with Crippen molar-refractivity contribution in [2.45, 2.75) is 18.9 Å². The van der Waals surface area contributed by atoms with Crippen LogP contribution in [0.1, 0.15) is 12.8 Å². The molecule has 7 heteroatoms. The van der Waals surface area contributed by atoms with E-state index in [2.05, 4.69) is 5.32 Å². The number of likely N-dealkylation sites (tertiary alicyclic amines) is 1. The summed E-state index contributed by atoms with van der Waals surface area (Å²) in [6.45, 7) is 0.566. The fourth-order valence-electron chi connectivity index (χ4n) is 2.58. The largest absolute Gasteiger partial charge is 0.397 e. The lowest BCUT2D eigenvalue weighted by molar-refractivity contribution is -0.137. The van der Waals surface area contributed by atoms with Gasteiger partial charge in [0.25, 0.3) is 0 Å². The molecule has 1 aromatic rings. The summed E-state index contributed by atoms with van der Waals surface area (Å²) in [4.78, 5) is 25.7. The third-order valence-corrected chi connectivity index (χ3v) is 3.67. The number of para-hydroxylation sites is 2. The maximum Gasteiger partial charge on any atom is 0.244 e. The maximum atomic E-state index is 12.4. The Morgan fingerprint density at radius 1 is 1.43 bits per heavy atom. The van der Waals surface area contributed by atoms with Crippen molar-refractivity contribution in [3.63, 3.8) is 0 Å². The van der Waals surface area contributed by atoms with E-state index < -0.39 is 6.04 Å². The number of hydrazine groups is 1. The van der Waals surface area contributed by atoms with Gasteiger partial charge in [-0.15, -0.1) is 0 Å². The van der Waals surface area contributed by atoms with Crippen LogP contribution < -0.4 is 21.9 Å². The molecule has 0 radical (unpaired) electrons. The quantitative estimate of drug-likeness (QED) is 0.401. The summed E-state index contributed by atoms with van der Waals surface area (Å²) >= 11 is 0. The van der Waals surface area contributed by atoms with E-state index in [1.165, 1.54) is 5.01 Å². The predicted octanol–water partition coefficient (Wildman–Crippen LogP) is -0.314. The normalized spacial score (nSPS) is 17.6. The van der Waals surface area contributed by atoms with Crippen LogP contribution in [-0.2, 0) is 9.59 Å². The molecule has 1 aliphatic heterocycles. The summed E-state index contributed by atoms with van der Waals surface area (Å²) in [5.74, 6) is 5.61. The maximum absolute atomic E-state index is 12.4. The molecule has 2 rings (SSSR count). The van der Waals surface area contributed by atoms with Crippen LogP contribution in [0.5, 0.6) is 0 Å². The smallest absolute Gasteiger partial charge is 0.244 e. The molecule has 1 heterocycles. The molecule has 1 saturated heterocycles. The molecule has 114 valence electrons. The second-order valence-electron chi connectivity index (χ2n) is 5.05. The van der Waals surface area contributed by atoms with Crippen LogP contribution in [-0.4, -0.2) is 42.9 Å². The molecule has 21 heavy (non-hydrogen) atoms. The highest BCUT2D eigenvalue weighted by Crippen LogP contribution is 2.21. The number of nitrogens with one attached hydrogen (secondary N) is 1. The van der Waals surface area contributed by atoms with E-state index in [0.717, 1.165) is 6.42 Å². The molecule has 0 bridgehead atoms. The summed E-state index contributed by atoms with van der Waals surface area (Å²) in [5, 5.41) is 3.90. The van der Waals surface area contributed by atoms with Crippen molar-refractivity contribution >= 4 is 23.2 Å². The van der Waals surface area contributed by atoms with Crippen molar-refractivity contribution in [3.05, 3.63) is 24.3 Å². The third-order valence-electron chi connectivity index (χ3n) is 3.67. The summed E-state index contributed by atoms with van der Waals surface area (Å²) in [5.41, 5.74) is 6.95. The summed E-state index contributed by atoms with van der Waals surface area (Å²) < 4.78 is 0. The fourth-order valence-corrected chi connectivity index (χ4v) is 2.58. The molecule has 1 aliphatic rings. The number of benzene rings is 1. The third kappa shape index (κ3) is 3.25. The highest BCUT2D eigenvalue weighted by atomic mass is 16.2. The minimum Gasteiger partial charge on any atom is -0.397 e. The number of likely N-dealkylation sites (N-methyl/N-ethyl adjacent to an activating group) is 1. The number of nitrogens with two attached hydrogens (primary N) is 2. The van der Waals surface area contributed by atoms with Crippen LogP contribution in [0.25, 0.3) is 0 Å². The molecule has 1 fully saturated rings. The lowest BCUT2D eigenvalue weighted by Gasteiger charge is -2.27. The zero-order valence-corrected chi connectivity index (χ0v) is 12.1. The van der Waals surface area contributed by atoms with Gasteiger partial charge in [0.05, 0.1) is 11.4 Å². The van der Waals surface area contributed by atoms with Gasteiger partial charge in [0, 0.05) is 13.6 Å². The number of nitrogen functional groups attached to an aromatic ring is 1. The van der Waals surface area contributed by atoms with Gasteiger partial charge in [-0.2, -0.15) is 0 Å². The number of carbonyl (C=O) groups excluding carboxylic acids is 2. The molecule has 5 N–H and O–H groups in total. The predicted molar refractivity (Wildman–Crippen MR) is 81.2 cm³/mol. The number of hydrogen-bond acceptors (Lipinski definition) is 5. The lowest BCUT2D eigenvalue weighted by Crippen LogP contribution is -2.49. The van der Waals surface area contributed by atoms with Crippen LogP contribution in [0.2, 0.25) is 0 Å². The van der Waals surface area contributed by atoms with E-state index >= 15 is 0 Å². The number of hydrogen-bond donors (Lipinski definition) is 3. The molecular weight excluding hydrogens is 270 g/mol. The van der Waals surface area contributed by atoms with Gasteiger partial charge in [-0.05, 0) is 25.0 Å². The van der Waals surface area contributed by atoms with Gasteiger partial charge in [0.1, 0.15) is 12.6 Å². The Balaban J connectivity index is 2.04. The molecule has 0 saturated carbocycles. The van der Waals surface area contributed by atoms with E-state index in [1.807, 2.05) is 0 Å². The molecule has 0 aromatic heterocycles. The first-order valence-corrected chi connectivity index (χ1v) is 6.92. The molecular formula is C14H21N5O2. The van der Waals surface area contributed by atoms with Crippen molar-refractivity contribution in [1.29, 1.82) is 0 Å². The van der Waals surface area contributed by atoms with Gasteiger partial charge < -0.3 is 16.0 Å². The number of amides is 2. The van der Waals surface area contributed by atoms with Crippen molar-refractivity contribution in [1.82, 2.24) is 10.2 Å². The van der Waals surface area contributed by atoms with Crippen LogP contribution in [0, 0.1) is 0 Å². The van der Waals surface area contributed by atoms with Gasteiger partial charge in [-0.1, -0.05) is 12.1 Å². The second-order valence-corrected chi connectivity index (χ2v) is 5.05. The Morgan fingerprint density at radius 2 is 2.14 bits per heavy atom. The highest BCUT2D eigenvalue weighted by molar-refractivity contribution is 5.90. The van der Waals surface area contributed by atoms with Crippen molar-refractivity contribution < 1.29 is 9.59 Å². The fraction of sp³-hybridized carbons (Fsp3) is 0.429. The zero-order valence-electron chi connectivity index (χ0n) is 12.1. The summed E-state index contributed by atoms with van der Waals surface area (Å²) in [6, 6.07) is 6.69. The Labute approximate surface area is 123 Å². The van der Waals surface area contributed by atoms with E-state index in [4.69, 9.17) is 11.6 Å². The summed E-state index contributed by atoms with van der Waals surface area (Å²) in [7, 11) is 1.57. The van der Waals surface area contributed by atoms with Gasteiger partial charge in [0.15, 0.2) is 0 Å². The first-order chi connectivity index (χ1) is 10.0. The highest BCUT2D eigenvalue weighted by Gasteiger charge is 2.33. The molecule has 1 aromatic carbocycles. The number of rotatable bonds is 4. The molecule has 1 atom stereocenters. The molecule has 0 spiro atoms. The SMILES string of the molecule is CNC(=O)C1CCCN1C(=O)CN(N)c1ccccc1N. The van der Waals surface area contributed by atoms with Gasteiger partial charge >= 0.3 is 0 Å². The van der Waals surface area contributed by atoms with E-state index in [9.17, 15) is 9.59 Å². The van der Waals surface area contributed by atoms with Crippen LogP contribution in [0.15, 0.2) is 24.3 Å².